The molecular weight excluding hydrogens is 260 g/mol. The summed E-state index contributed by atoms with van der Waals surface area (Å²) in [6, 6.07) is 17.1. The Morgan fingerprint density at radius 2 is 1.81 bits per heavy atom. The molecule has 3 aromatic rings. The summed E-state index contributed by atoms with van der Waals surface area (Å²) in [6.45, 7) is 0.613. The molecule has 0 saturated heterocycles. The highest BCUT2D eigenvalue weighted by molar-refractivity contribution is 6.15. The molecule has 3 heteroatoms. The first-order valence-corrected chi connectivity index (χ1v) is 6.97. The molecule has 0 fully saturated rings. The minimum absolute atomic E-state index is 0.0212. The van der Waals surface area contributed by atoms with Crippen LogP contribution in [0.2, 0.25) is 0 Å². The van der Waals surface area contributed by atoms with Crippen molar-refractivity contribution in [3.63, 3.8) is 0 Å². The maximum Gasteiger partial charge on any atom is 0.193 e. The Balaban J connectivity index is 2.00. The van der Waals surface area contributed by atoms with Gasteiger partial charge >= 0.3 is 0 Å². The molecule has 0 bridgehead atoms. The molecule has 0 unspecified atom stereocenters. The molecule has 0 spiro atoms. The summed E-state index contributed by atoms with van der Waals surface area (Å²) in [5, 5.41) is 0.885. The highest BCUT2D eigenvalue weighted by Gasteiger charge is 2.12. The van der Waals surface area contributed by atoms with E-state index >= 15 is 0 Å². The lowest BCUT2D eigenvalue weighted by Crippen LogP contribution is -2.05. The van der Waals surface area contributed by atoms with Crippen LogP contribution >= 0.6 is 0 Å². The quantitative estimate of drug-likeness (QED) is 0.745. The zero-order valence-electron chi connectivity index (χ0n) is 11.6. The van der Waals surface area contributed by atoms with E-state index in [0.717, 1.165) is 22.9 Å². The number of nitrogens with two attached hydrogens (primary N) is 1. The standard InChI is InChI=1S/C18H16N2O/c19-11-10-13-6-8-14(9-7-13)18(21)16-3-1-5-17-15(16)4-2-12-20-17/h1-9,12H,10-11,19H2. The second-order valence-electron chi connectivity index (χ2n) is 4.94. The van der Waals surface area contributed by atoms with E-state index < -0.39 is 0 Å². The number of ketones is 1. The molecule has 0 aliphatic carbocycles. The van der Waals surface area contributed by atoms with E-state index in [4.69, 9.17) is 5.73 Å². The summed E-state index contributed by atoms with van der Waals surface area (Å²) in [5.74, 6) is 0.0212. The van der Waals surface area contributed by atoms with Gasteiger partial charge < -0.3 is 5.73 Å². The highest BCUT2D eigenvalue weighted by Crippen LogP contribution is 2.20. The monoisotopic (exact) mass is 276 g/mol. The Morgan fingerprint density at radius 3 is 2.57 bits per heavy atom. The molecule has 0 atom stereocenters. The number of hydrogen-bond acceptors (Lipinski definition) is 3. The fourth-order valence-electron chi connectivity index (χ4n) is 2.45. The van der Waals surface area contributed by atoms with E-state index in [9.17, 15) is 4.79 Å². The van der Waals surface area contributed by atoms with Crippen molar-refractivity contribution in [2.45, 2.75) is 6.42 Å². The molecule has 1 aromatic heterocycles. The van der Waals surface area contributed by atoms with Gasteiger partial charge in [0.2, 0.25) is 0 Å². The molecule has 0 aliphatic heterocycles. The van der Waals surface area contributed by atoms with Crippen molar-refractivity contribution in [1.82, 2.24) is 4.98 Å². The Hall–Kier alpha value is -2.52. The lowest BCUT2D eigenvalue weighted by Gasteiger charge is -2.06. The van der Waals surface area contributed by atoms with Gasteiger partial charge in [0.05, 0.1) is 5.52 Å². The number of aromatic nitrogens is 1. The van der Waals surface area contributed by atoms with Crippen molar-refractivity contribution in [3.05, 3.63) is 77.5 Å². The minimum atomic E-state index is 0.0212. The first kappa shape index (κ1) is 13.5. The van der Waals surface area contributed by atoms with Crippen LogP contribution in [0.3, 0.4) is 0 Å². The maximum atomic E-state index is 12.7. The predicted octanol–water partition coefficient (Wildman–Crippen LogP) is 2.97. The number of fused-ring (bicyclic) bond motifs is 1. The Morgan fingerprint density at radius 1 is 1.00 bits per heavy atom. The third-order valence-electron chi connectivity index (χ3n) is 3.54. The Bertz CT molecular complexity index is 773. The van der Waals surface area contributed by atoms with Gasteiger partial charge in [-0.05, 0) is 30.7 Å². The van der Waals surface area contributed by atoms with Crippen molar-refractivity contribution in [3.8, 4) is 0 Å². The molecular formula is C18H16N2O. The highest BCUT2D eigenvalue weighted by atomic mass is 16.1. The van der Waals surface area contributed by atoms with Crippen LogP contribution in [0.25, 0.3) is 10.9 Å². The van der Waals surface area contributed by atoms with Gasteiger partial charge in [-0.3, -0.25) is 9.78 Å². The number of nitrogens with zero attached hydrogens (tertiary/aromatic N) is 1. The first-order chi connectivity index (χ1) is 10.3. The zero-order valence-corrected chi connectivity index (χ0v) is 11.6. The predicted molar refractivity (Wildman–Crippen MR) is 84.4 cm³/mol. The zero-order chi connectivity index (χ0) is 14.7. The number of rotatable bonds is 4. The summed E-state index contributed by atoms with van der Waals surface area (Å²) in [5.41, 5.74) is 8.90. The number of hydrogen-bond donors (Lipinski definition) is 1. The van der Waals surface area contributed by atoms with Crippen molar-refractivity contribution in [2.75, 3.05) is 6.54 Å². The molecule has 104 valence electrons. The normalized spacial score (nSPS) is 10.7. The van der Waals surface area contributed by atoms with Crippen LogP contribution in [0.15, 0.2) is 60.8 Å². The average Bonchev–Trinajstić information content (AvgIpc) is 2.55. The van der Waals surface area contributed by atoms with Crippen molar-refractivity contribution in [1.29, 1.82) is 0 Å². The van der Waals surface area contributed by atoms with E-state index in [1.807, 2.05) is 54.6 Å². The molecule has 21 heavy (non-hydrogen) atoms. The van der Waals surface area contributed by atoms with Crippen LogP contribution < -0.4 is 5.73 Å². The van der Waals surface area contributed by atoms with Gasteiger partial charge in [-0.15, -0.1) is 0 Å². The molecule has 3 rings (SSSR count). The Labute approximate surface area is 123 Å². The van der Waals surface area contributed by atoms with E-state index in [1.54, 1.807) is 6.20 Å². The van der Waals surface area contributed by atoms with Gasteiger partial charge in [-0.2, -0.15) is 0 Å². The van der Waals surface area contributed by atoms with Gasteiger partial charge in [-0.1, -0.05) is 42.5 Å². The molecule has 0 radical (unpaired) electrons. The van der Waals surface area contributed by atoms with Crippen molar-refractivity contribution in [2.24, 2.45) is 5.73 Å². The summed E-state index contributed by atoms with van der Waals surface area (Å²) in [6.07, 6.45) is 2.56. The van der Waals surface area contributed by atoms with E-state index in [1.165, 1.54) is 0 Å². The Kier molecular flexibility index (Phi) is 3.75. The average molecular weight is 276 g/mol. The van der Waals surface area contributed by atoms with Crippen LogP contribution in [0.4, 0.5) is 0 Å². The van der Waals surface area contributed by atoms with Crippen molar-refractivity contribution >= 4 is 16.7 Å². The smallest absolute Gasteiger partial charge is 0.193 e. The lowest BCUT2D eigenvalue weighted by molar-refractivity contribution is 0.104. The second kappa shape index (κ2) is 5.85. The third kappa shape index (κ3) is 2.69. The molecule has 3 nitrogen and oxygen atoms in total. The lowest BCUT2D eigenvalue weighted by atomic mass is 9.98. The third-order valence-corrected chi connectivity index (χ3v) is 3.54. The molecule has 0 amide bonds. The van der Waals surface area contributed by atoms with E-state index in [2.05, 4.69) is 4.98 Å². The summed E-state index contributed by atoms with van der Waals surface area (Å²) in [7, 11) is 0. The fraction of sp³-hybridized carbons (Fsp3) is 0.111. The van der Waals surface area contributed by atoms with Crippen LogP contribution in [0, 0.1) is 0 Å². The molecule has 1 heterocycles. The summed E-state index contributed by atoms with van der Waals surface area (Å²) in [4.78, 5) is 17.0. The van der Waals surface area contributed by atoms with Crippen LogP contribution in [-0.4, -0.2) is 17.3 Å². The molecule has 2 N–H and O–H groups in total. The van der Waals surface area contributed by atoms with Crippen LogP contribution in [0.1, 0.15) is 21.5 Å². The largest absolute Gasteiger partial charge is 0.330 e. The van der Waals surface area contributed by atoms with E-state index in [0.29, 0.717) is 17.7 Å². The fourth-order valence-corrected chi connectivity index (χ4v) is 2.45. The maximum absolute atomic E-state index is 12.7. The number of carbonyl (C=O) groups is 1. The van der Waals surface area contributed by atoms with Gasteiger partial charge in [0, 0.05) is 22.7 Å². The van der Waals surface area contributed by atoms with E-state index in [-0.39, 0.29) is 5.78 Å². The van der Waals surface area contributed by atoms with Crippen LogP contribution in [0.5, 0.6) is 0 Å². The topological polar surface area (TPSA) is 56.0 Å². The van der Waals surface area contributed by atoms with Gasteiger partial charge in [-0.25, -0.2) is 0 Å². The second-order valence-corrected chi connectivity index (χ2v) is 4.94. The number of carbonyl (C=O) groups excluding carboxylic acids is 1. The van der Waals surface area contributed by atoms with Crippen LogP contribution in [-0.2, 0) is 6.42 Å². The number of pyridine rings is 1. The minimum Gasteiger partial charge on any atom is -0.330 e. The van der Waals surface area contributed by atoms with Gasteiger partial charge in [0.15, 0.2) is 5.78 Å². The summed E-state index contributed by atoms with van der Waals surface area (Å²) >= 11 is 0. The first-order valence-electron chi connectivity index (χ1n) is 6.97. The SMILES string of the molecule is NCCc1ccc(C(=O)c2cccc3ncccc23)cc1. The molecule has 2 aromatic carbocycles. The molecule has 0 saturated carbocycles. The molecule has 0 aliphatic rings. The van der Waals surface area contributed by atoms with Gasteiger partial charge in [0.1, 0.15) is 0 Å². The summed E-state index contributed by atoms with van der Waals surface area (Å²) < 4.78 is 0. The van der Waals surface area contributed by atoms with Crippen molar-refractivity contribution < 1.29 is 4.79 Å². The number of benzene rings is 2. The van der Waals surface area contributed by atoms with Gasteiger partial charge in [0.25, 0.3) is 0 Å².